The highest BCUT2D eigenvalue weighted by molar-refractivity contribution is 5.85. The second-order valence-electron chi connectivity index (χ2n) is 4.06. The highest BCUT2D eigenvalue weighted by atomic mass is 16.4. The van der Waals surface area contributed by atoms with E-state index in [1.807, 2.05) is 6.07 Å². The molecular weight excluding hydrogens is 216 g/mol. The van der Waals surface area contributed by atoms with Crippen molar-refractivity contribution in [2.45, 2.75) is 39.2 Å². The van der Waals surface area contributed by atoms with Crippen molar-refractivity contribution >= 4 is 5.97 Å². The highest BCUT2D eigenvalue weighted by Crippen LogP contribution is 2.00. The molecule has 0 aliphatic carbocycles. The van der Waals surface area contributed by atoms with Crippen molar-refractivity contribution in [1.29, 1.82) is 0 Å². The molecule has 0 amide bonds. The van der Waals surface area contributed by atoms with E-state index in [0.717, 1.165) is 18.7 Å². The number of hydrogen-bond acceptors (Lipinski definition) is 3. The van der Waals surface area contributed by atoms with Gasteiger partial charge in [-0.05, 0) is 25.1 Å². The van der Waals surface area contributed by atoms with E-state index >= 15 is 0 Å². The largest absolute Gasteiger partial charge is 0.477 e. The zero-order valence-electron chi connectivity index (χ0n) is 10.3. The lowest BCUT2D eigenvalue weighted by atomic mass is 10.2. The van der Waals surface area contributed by atoms with Crippen molar-refractivity contribution in [2.24, 2.45) is 0 Å². The van der Waals surface area contributed by atoms with Gasteiger partial charge in [0, 0.05) is 6.54 Å². The lowest BCUT2D eigenvalue weighted by Gasteiger charge is -2.04. The van der Waals surface area contributed by atoms with Gasteiger partial charge >= 0.3 is 5.97 Å². The highest BCUT2D eigenvalue weighted by Gasteiger charge is 2.04. The molecule has 0 aromatic carbocycles. The van der Waals surface area contributed by atoms with Crippen LogP contribution in [0.2, 0.25) is 0 Å². The number of nitrogens with one attached hydrogen (secondary N) is 1. The standard InChI is InChI=1S/C13H20N2O2/c1-2-3-4-5-9-14-10-11-7-6-8-12(15-11)13(16)17/h6-8,14H,2-5,9-10H2,1H3,(H,16,17). The first-order valence-corrected chi connectivity index (χ1v) is 6.14. The quantitative estimate of drug-likeness (QED) is 0.680. The molecule has 1 heterocycles. The summed E-state index contributed by atoms with van der Waals surface area (Å²) in [4.78, 5) is 14.8. The summed E-state index contributed by atoms with van der Waals surface area (Å²) >= 11 is 0. The number of aromatic carboxylic acids is 1. The summed E-state index contributed by atoms with van der Waals surface area (Å²) in [6.07, 6.45) is 4.91. The fourth-order valence-electron chi connectivity index (χ4n) is 1.59. The maximum Gasteiger partial charge on any atom is 0.354 e. The van der Waals surface area contributed by atoms with Crippen LogP contribution in [0.3, 0.4) is 0 Å². The lowest BCUT2D eigenvalue weighted by molar-refractivity contribution is 0.0690. The number of carboxylic acid groups (broad SMARTS) is 1. The molecule has 1 rings (SSSR count). The Labute approximate surface area is 102 Å². The number of aromatic nitrogens is 1. The van der Waals surface area contributed by atoms with Gasteiger partial charge in [0.1, 0.15) is 5.69 Å². The summed E-state index contributed by atoms with van der Waals surface area (Å²) in [6, 6.07) is 5.07. The predicted octanol–water partition coefficient (Wildman–Crippen LogP) is 2.45. The number of carboxylic acids is 1. The maximum absolute atomic E-state index is 10.7. The number of rotatable bonds is 8. The number of hydrogen-bond donors (Lipinski definition) is 2. The summed E-state index contributed by atoms with van der Waals surface area (Å²) in [5.74, 6) is -0.977. The van der Waals surface area contributed by atoms with E-state index in [1.165, 1.54) is 25.3 Å². The van der Waals surface area contributed by atoms with Crippen LogP contribution in [0.15, 0.2) is 18.2 Å². The lowest BCUT2D eigenvalue weighted by Crippen LogP contribution is -2.16. The minimum absolute atomic E-state index is 0.107. The zero-order chi connectivity index (χ0) is 12.5. The Bertz CT molecular complexity index is 353. The van der Waals surface area contributed by atoms with Crippen LogP contribution in [0, 0.1) is 0 Å². The average molecular weight is 236 g/mol. The van der Waals surface area contributed by atoms with Crippen LogP contribution in [-0.2, 0) is 6.54 Å². The van der Waals surface area contributed by atoms with E-state index in [0.29, 0.717) is 6.54 Å². The molecule has 0 fully saturated rings. The Morgan fingerprint density at radius 3 is 2.88 bits per heavy atom. The van der Waals surface area contributed by atoms with Crippen molar-refractivity contribution in [1.82, 2.24) is 10.3 Å². The van der Waals surface area contributed by atoms with Crippen molar-refractivity contribution in [3.63, 3.8) is 0 Å². The molecule has 0 radical (unpaired) electrons. The van der Waals surface area contributed by atoms with Gasteiger partial charge in [0.2, 0.25) is 0 Å². The molecule has 0 atom stereocenters. The van der Waals surface area contributed by atoms with Crippen LogP contribution in [-0.4, -0.2) is 22.6 Å². The maximum atomic E-state index is 10.7. The number of unbranched alkanes of at least 4 members (excludes halogenated alkanes) is 3. The minimum Gasteiger partial charge on any atom is -0.477 e. The summed E-state index contributed by atoms with van der Waals surface area (Å²) < 4.78 is 0. The van der Waals surface area contributed by atoms with Crippen LogP contribution in [0.4, 0.5) is 0 Å². The first kappa shape index (κ1) is 13.6. The molecule has 0 saturated carbocycles. The summed E-state index contributed by atoms with van der Waals surface area (Å²) in [5, 5.41) is 12.1. The first-order valence-electron chi connectivity index (χ1n) is 6.14. The number of pyridine rings is 1. The molecule has 1 aromatic heterocycles. The second-order valence-corrected chi connectivity index (χ2v) is 4.06. The van der Waals surface area contributed by atoms with E-state index in [9.17, 15) is 4.79 Å². The van der Waals surface area contributed by atoms with Crippen molar-refractivity contribution < 1.29 is 9.90 Å². The van der Waals surface area contributed by atoms with Gasteiger partial charge in [0.15, 0.2) is 0 Å². The van der Waals surface area contributed by atoms with Gasteiger partial charge in [-0.3, -0.25) is 0 Å². The van der Waals surface area contributed by atoms with Crippen LogP contribution in [0.1, 0.15) is 48.8 Å². The van der Waals surface area contributed by atoms with Gasteiger partial charge in [-0.15, -0.1) is 0 Å². The Kier molecular flexibility index (Phi) is 6.25. The smallest absolute Gasteiger partial charge is 0.354 e. The average Bonchev–Trinajstić information content (AvgIpc) is 2.34. The van der Waals surface area contributed by atoms with Crippen molar-refractivity contribution in [3.8, 4) is 0 Å². The van der Waals surface area contributed by atoms with Gasteiger partial charge in [-0.2, -0.15) is 0 Å². The van der Waals surface area contributed by atoms with Gasteiger partial charge in [0.25, 0.3) is 0 Å². The molecule has 1 aromatic rings. The van der Waals surface area contributed by atoms with Crippen LogP contribution >= 0.6 is 0 Å². The monoisotopic (exact) mass is 236 g/mol. The molecule has 0 saturated heterocycles. The molecule has 2 N–H and O–H groups in total. The van der Waals surface area contributed by atoms with Crippen molar-refractivity contribution in [3.05, 3.63) is 29.6 Å². The first-order chi connectivity index (χ1) is 8.24. The molecule has 17 heavy (non-hydrogen) atoms. The van der Waals surface area contributed by atoms with Crippen LogP contribution in [0.25, 0.3) is 0 Å². The van der Waals surface area contributed by atoms with E-state index in [-0.39, 0.29) is 5.69 Å². The Hall–Kier alpha value is -1.42. The molecule has 0 unspecified atom stereocenters. The zero-order valence-corrected chi connectivity index (χ0v) is 10.3. The van der Waals surface area contributed by atoms with E-state index in [2.05, 4.69) is 17.2 Å². The fourth-order valence-corrected chi connectivity index (χ4v) is 1.59. The molecule has 0 aliphatic rings. The molecule has 0 bridgehead atoms. The van der Waals surface area contributed by atoms with E-state index < -0.39 is 5.97 Å². The summed E-state index contributed by atoms with van der Waals surface area (Å²) in [6.45, 7) is 3.78. The third-order valence-corrected chi connectivity index (χ3v) is 2.54. The van der Waals surface area contributed by atoms with E-state index in [1.54, 1.807) is 6.07 Å². The van der Waals surface area contributed by atoms with Gasteiger partial charge < -0.3 is 10.4 Å². The topological polar surface area (TPSA) is 62.2 Å². The molecule has 94 valence electrons. The second kappa shape index (κ2) is 7.79. The van der Waals surface area contributed by atoms with E-state index in [4.69, 9.17) is 5.11 Å². The number of nitrogens with zero attached hydrogens (tertiary/aromatic N) is 1. The fraction of sp³-hybridized carbons (Fsp3) is 0.538. The third kappa shape index (κ3) is 5.45. The van der Waals surface area contributed by atoms with Gasteiger partial charge in [-0.25, -0.2) is 9.78 Å². The van der Waals surface area contributed by atoms with Crippen LogP contribution in [0.5, 0.6) is 0 Å². The molecule has 0 aliphatic heterocycles. The minimum atomic E-state index is -0.977. The predicted molar refractivity (Wildman–Crippen MR) is 67.0 cm³/mol. The van der Waals surface area contributed by atoms with Gasteiger partial charge in [0.05, 0.1) is 5.69 Å². The normalized spacial score (nSPS) is 10.4. The SMILES string of the molecule is CCCCCCNCc1cccc(C(=O)O)n1. The number of carbonyl (C=O) groups is 1. The molecule has 4 heteroatoms. The Morgan fingerprint density at radius 1 is 1.35 bits per heavy atom. The Balaban J connectivity index is 2.27. The molecule has 4 nitrogen and oxygen atoms in total. The molecular formula is C13H20N2O2. The Morgan fingerprint density at radius 2 is 2.18 bits per heavy atom. The van der Waals surface area contributed by atoms with Crippen molar-refractivity contribution in [2.75, 3.05) is 6.54 Å². The third-order valence-electron chi connectivity index (χ3n) is 2.54. The van der Waals surface area contributed by atoms with Gasteiger partial charge in [-0.1, -0.05) is 32.3 Å². The summed E-state index contributed by atoms with van der Waals surface area (Å²) in [5.41, 5.74) is 0.885. The summed E-state index contributed by atoms with van der Waals surface area (Å²) in [7, 11) is 0. The molecule has 0 spiro atoms. The van der Waals surface area contributed by atoms with Crippen LogP contribution < -0.4 is 5.32 Å².